The van der Waals surface area contributed by atoms with Crippen molar-refractivity contribution in [1.82, 2.24) is 20.3 Å². The molecule has 0 bridgehead atoms. The van der Waals surface area contributed by atoms with Gasteiger partial charge in [0.05, 0.1) is 23.6 Å². The minimum absolute atomic E-state index is 0.0537. The molecule has 40 heavy (non-hydrogen) atoms. The third-order valence-corrected chi connectivity index (χ3v) is 8.47. The van der Waals surface area contributed by atoms with Crippen LogP contribution in [0.15, 0.2) is 65.6 Å². The van der Waals surface area contributed by atoms with Crippen LogP contribution in [0.2, 0.25) is 0 Å². The van der Waals surface area contributed by atoms with Crippen molar-refractivity contribution >= 4 is 21.8 Å². The lowest BCUT2D eigenvalue weighted by atomic mass is 9.85. The Labute approximate surface area is 239 Å². The van der Waals surface area contributed by atoms with E-state index in [1.54, 1.807) is 25.2 Å². The van der Waals surface area contributed by atoms with E-state index >= 15 is 0 Å². The summed E-state index contributed by atoms with van der Waals surface area (Å²) in [6.07, 6.45) is -0.334. The number of sulfonamides is 1. The quantitative estimate of drug-likeness (QED) is 0.259. The van der Waals surface area contributed by atoms with E-state index in [0.717, 1.165) is 5.56 Å². The zero-order valence-corrected chi connectivity index (χ0v) is 25.4. The van der Waals surface area contributed by atoms with Crippen LogP contribution in [0, 0.1) is 11.3 Å². The monoisotopic (exact) mass is 574 g/mol. The maximum atomic E-state index is 13.6. The molecule has 0 fully saturated rings. The number of nitrogens with zero attached hydrogens (tertiary/aromatic N) is 1. The Morgan fingerprint density at radius 1 is 0.950 bits per heavy atom. The molecule has 10 heteroatoms. The number of likely N-dealkylation sites (N-methyl/N-ethyl adjacent to an activating group) is 1. The summed E-state index contributed by atoms with van der Waals surface area (Å²) in [5.74, 6) is -0.526. The second kappa shape index (κ2) is 15.3. The van der Waals surface area contributed by atoms with Gasteiger partial charge in [0.15, 0.2) is 0 Å². The molecule has 0 aliphatic carbocycles. The van der Waals surface area contributed by atoms with Gasteiger partial charge >= 0.3 is 0 Å². The highest BCUT2D eigenvalue weighted by Crippen LogP contribution is 2.22. The second-order valence-electron chi connectivity index (χ2n) is 11.6. The summed E-state index contributed by atoms with van der Waals surface area (Å²) in [4.78, 5) is 26.1. The highest BCUT2D eigenvalue weighted by atomic mass is 32.2. The fraction of sp³-hybridized carbons (Fsp3) is 0.533. The Balaban J connectivity index is 2.38. The highest BCUT2D eigenvalue weighted by Gasteiger charge is 2.36. The molecule has 2 aromatic carbocycles. The third-order valence-electron chi connectivity index (χ3n) is 6.59. The topological polar surface area (TPSA) is 128 Å². The Bertz CT molecular complexity index is 1170. The molecule has 0 aliphatic rings. The molecule has 3 unspecified atom stereocenters. The van der Waals surface area contributed by atoms with Crippen LogP contribution < -0.4 is 16.0 Å². The number of amides is 2. The number of hydrogen-bond donors (Lipinski definition) is 4. The van der Waals surface area contributed by atoms with Gasteiger partial charge in [0, 0.05) is 13.1 Å². The fourth-order valence-electron chi connectivity index (χ4n) is 4.25. The van der Waals surface area contributed by atoms with Gasteiger partial charge in [-0.2, -0.15) is 4.31 Å². The summed E-state index contributed by atoms with van der Waals surface area (Å²) in [6.45, 7) is 9.64. The van der Waals surface area contributed by atoms with Crippen molar-refractivity contribution < 1.29 is 23.1 Å². The van der Waals surface area contributed by atoms with Crippen LogP contribution in [-0.4, -0.2) is 74.5 Å². The summed E-state index contributed by atoms with van der Waals surface area (Å²) in [7, 11) is -2.25. The van der Waals surface area contributed by atoms with Crippen molar-refractivity contribution in [2.75, 3.05) is 26.7 Å². The fourth-order valence-corrected chi connectivity index (χ4v) is 5.75. The normalized spacial score (nSPS) is 14.5. The average Bonchev–Trinajstić information content (AvgIpc) is 2.89. The molecule has 4 N–H and O–H groups in total. The molecule has 2 amide bonds. The summed E-state index contributed by atoms with van der Waals surface area (Å²) in [6, 6.07) is 15.9. The van der Waals surface area contributed by atoms with E-state index in [9.17, 15) is 23.1 Å². The third kappa shape index (κ3) is 10.3. The first-order valence-corrected chi connectivity index (χ1v) is 15.2. The van der Waals surface area contributed by atoms with Gasteiger partial charge in [0.1, 0.15) is 6.04 Å². The average molecular weight is 575 g/mol. The van der Waals surface area contributed by atoms with Gasteiger partial charge in [-0.05, 0) is 48.9 Å². The van der Waals surface area contributed by atoms with Gasteiger partial charge in [-0.1, -0.05) is 83.1 Å². The van der Waals surface area contributed by atoms with E-state index < -0.39 is 39.5 Å². The first-order valence-electron chi connectivity index (χ1n) is 13.8. The Hall–Kier alpha value is -2.79. The molecule has 0 spiro atoms. The number of hydrogen-bond acceptors (Lipinski definition) is 6. The molecule has 2 rings (SSSR count). The molecular formula is C30H46N4O5S. The summed E-state index contributed by atoms with van der Waals surface area (Å²) in [5.41, 5.74) is 0.258. The summed E-state index contributed by atoms with van der Waals surface area (Å²) < 4.78 is 28.5. The van der Waals surface area contributed by atoms with Crippen LogP contribution in [0.4, 0.5) is 0 Å². The number of aliphatic hydroxyl groups is 1. The van der Waals surface area contributed by atoms with Crippen LogP contribution in [0.25, 0.3) is 0 Å². The van der Waals surface area contributed by atoms with E-state index in [-0.39, 0.29) is 42.8 Å². The minimum atomic E-state index is -3.89. The van der Waals surface area contributed by atoms with Crippen LogP contribution in [-0.2, 0) is 26.0 Å². The van der Waals surface area contributed by atoms with Gasteiger partial charge < -0.3 is 21.1 Å². The van der Waals surface area contributed by atoms with Crippen molar-refractivity contribution in [3.05, 3.63) is 66.2 Å². The molecule has 2 aromatic rings. The molecule has 0 saturated carbocycles. The molecule has 0 saturated heterocycles. The molecule has 3 atom stereocenters. The highest BCUT2D eigenvalue weighted by molar-refractivity contribution is 7.89. The Morgan fingerprint density at radius 2 is 1.52 bits per heavy atom. The molecule has 0 radical (unpaired) electrons. The molecule has 0 aliphatic heterocycles. The maximum Gasteiger partial charge on any atom is 0.243 e. The largest absolute Gasteiger partial charge is 0.390 e. The lowest BCUT2D eigenvalue weighted by Crippen LogP contribution is -2.59. The predicted molar refractivity (Wildman–Crippen MR) is 158 cm³/mol. The van der Waals surface area contributed by atoms with Crippen molar-refractivity contribution in [2.24, 2.45) is 11.3 Å². The second-order valence-corrected chi connectivity index (χ2v) is 13.6. The number of carbonyl (C=O) groups excluding carboxylic acids is 2. The van der Waals surface area contributed by atoms with E-state index in [0.29, 0.717) is 6.42 Å². The summed E-state index contributed by atoms with van der Waals surface area (Å²) >= 11 is 0. The van der Waals surface area contributed by atoms with E-state index in [4.69, 9.17) is 0 Å². The smallest absolute Gasteiger partial charge is 0.243 e. The molecule has 0 heterocycles. The SMILES string of the molecule is CNCC(=O)NC(C(=O)NC(Cc1ccccc1)C(O)CN(CCC(C)C)S(=O)(=O)c1ccccc1)C(C)(C)C. The Kier molecular flexibility index (Phi) is 12.8. The predicted octanol–water partition coefficient (Wildman–Crippen LogP) is 2.56. The zero-order valence-electron chi connectivity index (χ0n) is 24.6. The van der Waals surface area contributed by atoms with Crippen LogP contribution in [0.1, 0.15) is 46.6 Å². The van der Waals surface area contributed by atoms with Gasteiger partial charge in [-0.3, -0.25) is 9.59 Å². The Morgan fingerprint density at radius 3 is 2.05 bits per heavy atom. The van der Waals surface area contributed by atoms with Gasteiger partial charge in [0.25, 0.3) is 0 Å². The van der Waals surface area contributed by atoms with Gasteiger partial charge in [-0.15, -0.1) is 0 Å². The lowest BCUT2D eigenvalue weighted by molar-refractivity contribution is -0.132. The van der Waals surface area contributed by atoms with E-state index in [1.807, 2.05) is 65.0 Å². The summed E-state index contributed by atoms with van der Waals surface area (Å²) in [5, 5.41) is 20.0. The minimum Gasteiger partial charge on any atom is -0.390 e. The molecule has 9 nitrogen and oxygen atoms in total. The zero-order chi connectivity index (χ0) is 29.9. The van der Waals surface area contributed by atoms with Crippen molar-refractivity contribution in [2.45, 2.75) is 70.5 Å². The van der Waals surface area contributed by atoms with Crippen LogP contribution in [0.5, 0.6) is 0 Å². The number of aliphatic hydroxyl groups excluding tert-OH is 1. The van der Waals surface area contributed by atoms with Crippen molar-refractivity contribution in [1.29, 1.82) is 0 Å². The van der Waals surface area contributed by atoms with Crippen LogP contribution in [0.3, 0.4) is 0 Å². The van der Waals surface area contributed by atoms with Gasteiger partial charge in [-0.25, -0.2) is 8.42 Å². The first-order chi connectivity index (χ1) is 18.8. The standard InChI is InChI=1S/C30H46N4O5S/c1-22(2)17-18-34(40(38,39)24-15-11-8-12-16-24)21-26(35)25(19-23-13-9-7-10-14-23)32-29(37)28(30(3,4)5)33-27(36)20-31-6/h7-16,22,25-26,28,31,35H,17-21H2,1-6H3,(H,32,37)(H,33,36). The van der Waals surface area contributed by atoms with Crippen LogP contribution >= 0.6 is 0 Å². The van der Waals surface area contributed by atoms with Crippen molar-refractivity contribution in [3.63, 3.8) is 0 Å². The lowest BCUT2D eigenvalue weighted by Gasteiger charge is -2.34. The maximum absolute atomic E-state index is 13.6. The molecule has 0 aromatic heterocycles. The number of rotatable bonds is 15. The van der Waals surface area contributed by atoms with Gasteiger partial charge in [0.2, 0.25) is 21.8 Å². The molecular weight excluding hydrogens is 528 g/mol. The van der Waals surface area contributed by atoms with E-state index in [1.165, 1.54) is 16.4 Å². The number of benzene rings is 2. The molecule has 222 valence electrons. The van der Waals surface area contributed by atoms with Crippen molar-refractivity contribution in [3.8, 4) is 0 Å². The first kappa shape index (κ1) is 33.4. The number of carbonyl (C=O) groups is 2. The number of nitrogens with one attached hydrogen (secondary N) is 3. The van der Waals surface area contributed by atoms with E-state index in [2.05, 4.69) is 16.0 Å².